The highest BCUT2D eigenvalue weighted by molar-refractivity contribution is 14.1. The maximum atomic E-state index is 6.92. The highest BCUT2D eigenvalue weighted by Gasteiger charge is 2.54. The molecular weight excluding hydrogens is 562 g/mol. The first-order chi connectivity index (χ1) is 12.8. The van der Waals surface area contributed by atoms with Crippen molar-refractivity contribution in [2.45, 2.75) is 32.8 Å². The Morgan fingerprint density at radius 3 is 2.22 bits per heavy atom. The van der Waals surface area contributed by atoms with Gasteiger partial charge in [0, 0.05) is 30.1 Å². The van der Waals surface area contributed by atoms with E-state index in [-0.39, 0.29) is 5.41 Å². The molecule has 0 N–H and O–H groups in total. The Labute approximate surface area is 188 Å². The third kappa shape index (κ3) is 2.94. The molecule has 1 spiro atoms. The molecule has 1 unspecified atom stereocenters. The number of halogens is 2. The molecule has 0 saturated heterocycles. The minimum atomic E-state index is -0.411. The Hall–Kier alpha value is -1.02. The molecule has 2 aromatic carbocycles. The largest absolute Gasteiger partial charge is 0.497 e. The number of rotatable bonds is 2. The van der Waals surface area contributed by atoms with Crippen LogP contribution in [0.2, 0.25) is 0 Å². The van der Waals surface area contributed by atoms with E-state index in [1.54, 1.807) is 7.11 Å². The average Bonchev–Trinajstić information content (AvgIpc) is 2.85. The highest BCUT2D eigenvalue weighted by Crippen LogP contribution is 2.63. The van der Waals surface area contributed by atoms with Crippen LogP contribution in [0.5, 0.6) is 5.75 Å². The van der Waals surface area contributed by atoms with Crippen LogP contribution in [0.3, 0.4) is 0 Å². The van der Waals surface area contributed by atoms with Crippen LogP contribution >= 0.6 is 45.2 Å². The van der Waals surface area contributed by atoms with Crippen molar-refractivity contribution in [2.75, 3.05) is 7.11 Å². The predicted molar refractivity (Wildman–Crippen MR) is 128 cm³/mol. The molecule has 140 valence electrons. The summed E-state index contributed by atoms with van der Waals surface area (Å²) in [4.78, 5) is 0. The Kier molecular flexibility index (Phi) is 4.86. The highest BCUT2D eigenvalue weighted by atomic mass is 127. The van der Waals surface area contributed by atoms with Crippen molar-refractivity contribution in [2.24, 2.45) is 5.41 Å². The molecule has 4 heteroatoms. The Balaban J connectivity index is 1.93. The second-order valence-electron chi connectivity index (χ2n) is 7.85. The lowest BCUT2D eigenvalue weighted by Crippen LogP contribution is -2.33. The number of allylic oxidation sites excluding steroid dienone is 2. The number of ether oxygens (including phenoxy) is 2. The van der Waals surface area contributed by atoms with Crippen molar-refractivity contribution in [3.8, 4) is 5.75 Å². The zero-order valence-electron chi connectivity index (χ0n) is 15.9. The molecule has 1 aliphatic heterocycles. The number of hydrogen-bond acceptors (Lipinski definition) is 2. The van der Waals surface area contributed by atoms with Gasteiger partial charge >= 0.3 is 0 Å². The normalized spacial score (nSPS) is 23.5. The Bertz CT molecular complexity index is 970. The number of hydrogen-bond donors (Lipinski definition) is 0. The molecule has 2 aliphatic rings. The van der Waals surface area contributed by atoms with Crippen LogP contribution in [0, 0.1) is 5.41 Å². The lowest BCUT2D eigenvalue weighted by Gasteiger charge is -2.40. The molecular formula is C23H22I2O2. The first-order valence-corrected chi connectivity index (χ1v) is 11.2. The minimum absolute atomic E-state index is 0.0977. The smallest absolute Gasteiger partial charge is 0.167 e. The van der Waals surface area contributed by atoms with Crippen LogP contribution in [-0.2, 0) is 10.3 Å². The van der Waals surface area contributed by atoms with Crippen LogP contribution in [0.25, 0.3) is 11.3 Å². The fourth-order valence-corrected chi connectivity index (χ4v) is 6.10. The Morgan fingerprint density at radius 2 is 1.63 bits per heavy atom. The van der Waals surface area contributed by atoms with Crippen molar-refractivity contribution in [3.63, 3.8) is 0 Å². The third-order valence-electron chi connectivity index (χ3n) is 5.57. The van der Waals surface area contributed by atoms with E-state index in [1.165, 1.54) is 23.9 Å². The van der Waals surface area contributed by atoms with E-state index >= 15 is 0 Å². The third-order valence-corrected chi connectivity index (χ3v) is 10.0. The van der Waals surface area contributed by atoms with Crippen molar-refractivity contribution in [1.82, 2.24) is 0 Å². The maximum Gasteiger partial charge on any atom is 0.167 e. The van der Waals surface area contributed by atoms with Crippen LogP contribution in [0.4, 0.5) is 0 Å². The fraction of sp³-hybridized carbons (Fsp3) is 0.304. The van der Waals surface area contributed by atoms with Crippen LogP contribution < -0.4 is 4.74 Å². The van der Waals surface area contributed by atoms with E-state index in [9.17, 15) is 0 Å². The van der Waals surface area contributed by atoms with E-state index in [0.29, 0.717) is 0 Å². The van der Waals surface area contributed by atoms with Gasteiger partial charge in [0.25, 0.3) is 0 Å². The van der Waals surface area contributed by atoms with Crippen molar-refractivity contribution >= 4 is 56.5 Å². The molecule has 0 radical (unpaired) electrons. The van der Waals surface area contributed by atoms with Crippen LogP contribution in [0.15, 0.2) is 55.7 Å². The first kappa shape index (κ1) is 19.3. The van der Waals surface area contributed by atoms with E-state index in [1.807, 2.05) is 12.1 Å². The zero-order valence-corrected chi connectivity index (χ0v) is 20.2. The molecule has 2 nitrogen and oxygen atoms in total. The molecule has 4 rings (SSSR count). The number of fused-ring (bicyclic) bond motifs is 2. The molecule has 1 aliphatic carbocycles. The van der Waals surface area contributed by atoms with Gasteiger partial charge in [-0.2, -0.15) is 0 Å². The van der Waals surface area contributed by atoms with Gasteiger partial charge in [-0.1, -0.05) is 38.1 Å². The lowest BCUT2D eigenvalue weighted by atomic mass is 9.79. The maximum absolute atomic E-state index is 6.92. The number of methoxy groups -OCH3 is 1. The summed E-state index contributed by atoms with van der Waals surface area (Å²) in [7, 11) is 1.69. The van der Waals surface area contributed by atoms with Gasteiger partial charge in [0.1, 0.15) is 11.5 Å². The predicted octanol–water partition coefficient (Wildman–Crippen LogP) is 7.32. The van der Waals surface area contributed by atoms with Crippen LogP contribution in [-0.4, -0.2) is 7.11 Å². The van der Waals surface area contributed by atoms with Gasteiger partial charge in [0.15, 0.2) is 5.60 Å². The summed E-state index contributed by atoms with van der Waals surface area (Å²) in [5, 5.41) is 0. The topological polar surface area (TPSA) is 18.5 Å². The van der Waals surface area contributed by atoms with E-state index in [0.717, 1.165) is 23.5 Å². The second-order valence-corrected chi connectivity index (χ2v) is 10.0. The zero-order chi connectivity index (χ0) is 19.4. The monoisotopic (exact) mass is 584 g/mol. The molecule has 0 bridgehead atoms. The molecule has 2 aromatic rings. The summed E-state index contributed by atoms with van der Waals surface area (Å²) in [6, 6.07) is 16.9. The van der Waals surface area contributed by atoms with E-state index < -0.39 is 5.60 Å². The van der Waals surface area contributed by atoms with Crippen molar-refractivity contribution in [1.29, 1.82) is 0 Å². The van der Waals surface area contributed by atoms with E-state index in [2.05, 4.69) is 102 Å². The van der Waals surface area contributed by atoms with Gasteiger partial charge in [0.2, 0.25) is 0 Å². The summed E-state index contributed by atoms with van der Waals surface area (Å²) in [5.74, 6) is 1.82. The minimum Gasteiger partial charge on any atom is -0.497 e. The summed E-state index contributed by atoms with van der Waals surface area (Å²) in [6.45, 7) is 6.78. The number of benzene rings is 2. The van der Waals surface area contributed by atoms with Gasteiger partial charge in [-0.25, -0.2) is 0 Å². The second kappa shape index (κ2) is 6.79. The van der Waals surface area contributed by atoms with Crippen LogP contribution in [0.1, 0.15) is 43.9 Å². The summed E-state index contributed by atoms with van der Waals surface area (Å²) in [5.41, 5.74) is 4.53. The Morgan fingerprint density at radius 1 is 0.963 bits per heavy atom. The standard InChI is InChI=1S/C23H22I2O2/c1-14-17-7-5-6-8-18(17)23(13-22(2,3)20(24)21(23)25)27-19(14)15-9-11-16(26-4)12-10-15/h5-12H,13H2,1-4H3. The van der Waals surface area contributed by atoms with Gasteiger partial charge in [-0.05, 0) is 87.5 Å². The van der Waals surface area contributed by atoms with Crippen molar-refractivity contribution < 1.29 is 9.47 Å². The fourth-order valence-electron chi connectivity index (χ4n) is 4.15. The summed E-state index contributed by atoms with van der Waals surface area (Å²) >= 11 is 5.01. The van der Waals surface area contributed by atoms with Gasteiger partial charge < -0.3 is 9.47 Å². The molecule has 1 heterocycles. The molecule has 0 saturated carbocycles. The molecule has 0 amide bonds. The first-order valence-electron chi connectivity index (χ1n) is 9.00. The molecule has 0 aromatic heterocycles. The summed E-state index contributed by atoms with van der Waals surface area (Å²) in [6.07, 6.45) is 0.945. The van der Waals surface area contributed by atoms with Gasteiger partial charge in [-0.3, -0.25) is 0 Å². The van der Waals surface area contributed by atoms with Crippen molar-refractivity contribution in [3.05, 3.63) is 72.4 Å². The quantitative estimate of drug-likeness (QED) is 0.345. The molecule has 0 fully saturated rings. The van der Waals surface area contributed by atoms with Gasteiger partial charge in [0.05, 0.1) is 7.11 Å². The lowest BCUT2D eigenvalue weighted by molar-refractivity contribution is 0.0597. The van der Waals surface area contributed by atoms with Gasteiger partial charge in [-0.15, -0.1) is 0 Å². The summed E-state index contributed by atoms with van der Waals surface area (Å²) < 4.78 is 14.9. The average molecular weight is 584 g/mol. The molecule has 27 heavy (non-hydrogen) atoms. The van der Waals surface area contributed by atoms with E-state index in [4.69, 9.17) is 9.47 Å². The molecule has 1 atom stereocenters. The SMILES string of the molecule is COc1ccc(C2=C(C)c3ccccc3C3(CC(C)(C)C(I)=C3I)O2)cc1.